The van der Waals surface area contributed by atoms with E-state index in [1.165, 1.54) is 0 Å². The van der Waals surface area contributed by atoms with E-state index in [9.17, 15) is 4.79 Å². The number of thioether (sulfide) groups is 1. The molecule has 1 aliphatic rings. The number of hydrogen-bond acceptors (Lipinski definition) is 3. The Morgan fingerprint density at radius 2 is 2.45 bits per heavy atom. The number of aliphatic imine (C=N–C) groups is 1. The van der Waals surface area contributed by atoms with Crippen molar-refractivity contribution in [2.45, 2.75) is 13.8 Å². The Labute approximate surface area is 70.7 Å². The molecule has 0 saturated carbocycles. The lowest BCUT2D eigenvalue weighted by Crippen LogP contribution is -2.30. The van der Waals surface area contributed by atoms with Gasteiger partial charge in [0.05, 0.1) is 6.54 Å². The van der Waals surface area contributed by atoms with Gasteiger partial charge >= 0.3 is 0 Å². The third-order valence-electron chi connectivity index (χ3n) is 1.34. The van der Waals surface area contributed by atoms with Gasteiger partial charge in [-0.2, -0.15) is 0 Å². The highest BCUT2D eigenvalue weighted by Crippen LogP contribution is 2.09. The van der Waals surface area contributed by atoms with Gasteiger partial charge in [0.1, 0.15) is 0 Å². The van der Waals surface area contributed by atoms with Crippen molar-refractivity contribution in [2.75, 3.05) is 12.3 Å². The van der Waals surface area contributed by atoms with Crippen molar-refractivity contribution in [3.8, 4) is 0 Å². The van der Waals surface area contributed by atoms with Crippen LogP contribution in [0.2, 0.25) is 0 Å². The molecule has 0 bridgehead atoms. The van der Waals surface area contributed by atoms with Crippen molar-refractivity contribution in [3.05, 3.63) is 0 Å². The minimum absolute atomic E-state index is 0.0406. The van der Waals surface area contributed by atoms with E-state index in [2.05, 4.69) is 10.3 Å². The van der Waals surface area contributed by atoms with Gasteiger partial charge in [0.25, 0.3) is 0 Å². The molecule has 0 aromatic carbocycles. The predicted molar refractivity (Wildman–Crippen MR) is 47.7 cm³/mol. The molecule has 0 atom stereocenters. The molecule has 1 N–H and O–H groups in total. The second kappa shape index (κ2) is 3.76. The van der Waals surface area contributed by atoms with E-state index in [1.807, 2.05) is 13.8 Å². The molecule has 0 aromatic rings. The minimum Gasteiger partial charge on any atom is -0.305 e. The van der Waals surface area contributed by atoms with Gasteiger partial charge < -0.3 is 5.32 Å². The van der Waals surface area contributed by atoms with Crippen molar-refractivity contribution < 1.29 is 4.79 Å². The standard InChI is InChI=1S/C7H12N2OS/c1-5(2)6(10)9-7-8-3-4-11-7/h5H,3-4H2,1-2H3,(H,8,9,10). The van der Waals surface area contributed by atoms with E-state index in [4.69, 9.17) is 0 Å². The Morgan fingerprint density at radius 1 is 1.73 bits per heavy atom. The summed E-state index contributed by atoms with van der Waals surface area (Å²) >= 11 is 1.61. The summed E-state index contributed by atoms with van der Waals surface area (Å²) in [5.41, 5.74) is 0. The summed E-state index contributed by atoms with van der Waals surface area (Å²) in [5, 5.41) is 3.53. The molecule has 0 spiro atoms. The van der Waals surface area contributed by atoms with E-state index >= 15 is 0 Å². The quantitative estimate of drug-likeness (QED) is 0.637. The highest BCUT2D eigenvalue weighted by atomic mass is 32.2. The average Bonchev–Trinajstić information content (AvgIpc) is 2.39. The lowest BCUT2D eigenvalue weighted by Gasteiger charge is -2.05. The van der Waals surface area contributed by atoms with Crippen molar-refractivity contribution in [2.24, 2.45) is 10.9 Å². The third kappa shape index (κ3) is 2.54. The van der Waals surface area contributed by atoms with Crippen molar-refractivity contribution in [3.63, 3.8) is 0 Å². The summed E-state index contributed by atoms with van der Waals surface area (Å²) in [6.07, 6.45) is 0. The zero-order valence-corrected chi connectivity index (χ0v) is 7.57. The molecule has 0 radical (unpaired) electrons. The second-order valence-corrected chi connectivity index (χ2v) is 3.76. The van der Waals surface area contributed by atoms with Crippen LogP contribution in [0.15, 0.2) is 4.99 Å². The summed E-state index contributed by atoms with van der Waals surface area (Å²) in [6.45, 7) is 4.57. The number of amides is 1. The molecule has 0 saturated heterocycles. The monoisotopic (exact) mass is 172 g/mol. The molecule has 0 fully saturated rings. The summed E-state index contributed by atoms with van der Waals surface area (Å²) in [5.74, 6) is 1.09. The number of amidine groups is 1. The molecule has 0 aliphatic carbocycles. The highest BCUT2D eigenvalue weighted by molar-refractivity contribution is 8.14. The van der Waals surface area contributed by atoms with Gasteiger partial charge in [0.2, 0.25) is 5.91 Å². The Hall–Kier alpha value is -0.510. The van der Waals surface area contributed by atoms with Crippen LogP contribution < -0.4 is 5.32 Å². The fraction of sp³-hybridized carbons (Fsp3) is 0.714. The van der Waals surface area contributed by atoms with Crippen LogP contribution in [-0.4, -0.2) is 23.4 Å². The Morgan fingerprint density at radius 3 is 2.91 bits per heavy atom. The molecule has 11 heavy (non-hydrogen) atoms. The first-order valence-electron chi connectivity index (χ1n) is 3.68. The van der Waals surface area contributed by atoms with E-state index in [0.29, 0.717) is 0 Å². The van der Waals surface area contributed by atoms with Gasteiger partial charge in [0, 0.05) is 11.7 Å². The van der Waals surface area contributed by atoms with Crippen molar-refractivity contribution >= 4 is 22.8 Å². The topological polar surface area (TPSA) is 41.5 Å². The van der Waals surface area contributed by atoms with Gasteiger partial charge in [-0.05, 0) is 0 Å². The minimum atomic E-state index is 0.0406. The molecule has 4 heteroatoms. The van der Waals surface area contributed by atoms with Crippen LogP contribution in [0.1, 0.15) is 13.8 Å². The number of carbonyl (C=O) groups excluding carboxylic acids is 1. The Bertz CT molecular complexity index is 189. The fourth-order valence-electron chi connectivity index (χ4n) is 0.660. The molecular weight excluding hydrogens is 160 g/mol. The highest BCUT2D eigenvalue weighted by Gasteiger charge is 2.12. The van der Waals surface area contributed by atoms with E-state index in [-0.39, 0.29) is 11.8 Å². The lowest BCUT2D eigenvalue weighted by atomic mass is 10.2. The molecule has 1 rings (SSSR count). The first kappa shape index (κ1) is 8.59. The predicted octanol–water partition coefficient (Wildman–Crippen LogP) is 0.861. The van der Waals surface area contributed by atoms with Gasteiger partial charge in [-0.15, -0.1) is 0 Å². The van der Waals surface area contributed by atoms with Crippen molar-refractivity contribution in [1.82, 2.24) is 5.32 Å². The molecule has 1 amide bonds. The Balaban J connectivity index is 2.35. The summed E-state index contributed by atoms with van der Waals surface area (Å²) in [7, 11) is 0. The van der Waals surface area contributed by atoms with Crippen LogP contribution in [0.25, 0.3) is 0 Å². The van der Waals surface area contributed by atoms with E-state index in [1.54, 1.807) is 11.8 Å². The van der Waals surface area contributed by atoms with E-state index < -0.39 is 0 Å². The third-order valence-corrected chi connectivity index (χ3v) is 2.23. The second-order valence-electron chi connectivity index (χ2n) is 2.68. The Kier molecular flexibility index (Phi) is 2.93. The fourth-order valence-corrected chi connectivity index (χ4v) is 1.39. The number of nitrogens with one attached hydrogen (secondary N) is 1. The van der Waals surface area contributed by atoms with Crippen LogP contribution in [0.3, 0.4) is 0 Å². The average molecular weight is 172 g/mol. The largest absolute Gasteiger partial charge is 0.305 e. The zero-order chi connectivity index (χ0) is 8.27. The maximum Gasteiger partial charge on any atom is 0.228 e. The molecule has 1 aliphatic heterocycles. The van der Waals surface area contributed by atoms with Gasteiger partial charge in [0.15, 0.2) is 5.17 Å². The van der Waals surface area contributed by atoms with Crippen LogP contribution in [0.4, 0.5) is 0 Å². The smallest absolute Gasteiger partial charge is 0.228 e. The first-order valence-corrected chi connectivity index (χ1v) is 4.67. The van der Waals surface area contributed by atoms with Crippen LogP contribution in [0, 0.1) is 5.92 Å². The molecule has 1 heterocycles. The maximum absolute atomic E-state index is 11.1. The molecule has 0 unspecified atom stereocenters. The molecular formula is C7H12N2OS. The summed E-state index contributed by atoms with van der Waals surface area (Å²) < 4.78 is 0. The molecule has 62 valence electrons. The normalized spacial score (nSPS) is 16.8. The van der Waals surface area contributed by atoms with Crippen LogP contribution in [0.5, 0.6) is 0 Å². The summed E-state index contributed by atoms with van der Waals surface area (Å²) in [6, 6.07) is 0. The first-order chi connectivity index (χ1) is 5.20. The van der Waals surface area contributed by atoms with Gasteiger partial charge in [-0.3, -0.25) is 9.79 Å². The molecule has 3 nitrogen and oxygen atoms in total. The van der Waals surface area contributed by atoms with E-state index in [0.717, 1.165) is 17.5 Å². The number of carbonyl (C=O) groups is 1. The van der Waals surface area contributed by atoms with Gasteiger partial charge in [-0.1, -0.05) is 25.6 Å². The van der Waals surface area contributed by atoms with Crippen LogP contribution >= 0.6 is 11.8 Å². The van der Waals surface area contributed by atoms with Crippen LogP contribution in [-0.2, 0) is 4.79 Å². The summed E-state index contributed by atoms with van der Waals surface area (Å²) in [4.78, 5) is 15.2. The maximum atomic E-state index is 11.1. The number of nitrogens with zero attached hydrogens (tertiary/aromatic N) is 1. The molecule has 0 aromatic heterocycles. The number of rotatable bonds is 1. The SMILES string of the molecule is CC(C)C(=O)NC1=NCCS1. The lowest BCUT2D eigenvalue weighted by molar-refractivity contribution is -0.122. The number of hydrogen-bond donors (Lipinski definition) is 1. The van der Waals surface area contributed by atoms with Gasteiger partial charge in [-0.25, -0.2) is 0 Å². The zero-order valence-electron chi connectivity index (χ0n) is 6.76. The van der Waals surface area contributed by atoms with Crippen molar-refractivity contribution in [1.29, 1.82) is 0 Å².